The van der Waals surface area contributed by atoms with Gasteiger partial charge in [0, 0.05) is 35.5 Å². The fraction of sp³-hybridized carbons (Fsp3) is 0.571. The third-order valence-electron chi connectivity index (χ3n) is 4.60. The Balaban J connectivity index is 1.75. The first kappa shape index (κ1) is 10.3. The maximum absolute atomic E-state index is 3.87. The quantitative estimate of drug-likeness (QED) is 0.736. The summed E-state index contributed by atoms with van der Waals surface area (Å²) in [5.41, 5.74) is 1.36. The number of thioether (sulfide) groups is 1. The molecule has 2 fully saturated rings. The predicted molar refractivity (Wildman–Crippen MR) is 72.4 cm³/mol. The third-order valence-corrected chi connectivity index (χ3v) is 6.28. The molecule has 4 rings (SSSR count). The molecule has 1 aliphatic carbocycles. The van der Waals surface area contributed by atoms with Gasteiger partial charge in [-0.05, 0) is 25.0 Å². The number of para-hydroxylation sites is 1. The van der Waals surface area contributed by atoms with E-state index in [4.69, 9.17) is 0 Å². The Morgan fingerprint density at radius 1 is 1.12 bits per heavy atom. The normalized spacial score (nSPS) is 38.8. The number of hydrogen-bond donors (Lipinski definition) is 2. The molecule has 2 heterocycles. The number of piperidine rings is 1. The molecule has 2 atom stereocenters. The van der Waals surface area contributed by atoms with E-state index in [1.54, 1.807) is 0 Å². The van der Waals surface area contributed by atoms with E-state index in [-0.39, 0.29) is 0 Å². The zero-order valence-electron chi connectivity index (χ0n) is 9.91. The van der Waals surface area contributed by atoms with Crippen molar-refractivity contribution in [2.24, 2.45) is 11.8 Å². The molecule has 1 saturated heterocycles. The van der Waals surface area contributed by atoms with E-state index in [0.29, 0.717) is 4.87 Å². The summed E-state index contributed by atoms with van der Waals surface area (Å²) in [6.45, 7) is 2.37. The Morgan fingerprint density at radius 2 is 1.88 bits per heavy atom. The Labute approximate surface area is 107 Å². The number of rotatable bonds is 0. The monoisotopic (exact) mass is 246 g/mol. The highest BCUT2D eigenvalue weighted by Gasteiger charge is 2.53. The second-order valence-corrected chi connectivity index (χ2v) is 6.82. The lowest BCUT2D eigenvalue weighted by molar-refractivity contribution is 0.161. The average molecular weight is 246 g/mol. The van der Waals surface area contributed by atoms with Gasteiger partial charge in [-0.25, -0.2) is 0 Å². The summed E-state index contributed by atoms with van der Waals surface area (Å²) in [5.74, 6) is 1.57. The lowest BCUT2D eigenvalue weighted by atomic mass is 9.73. The SMILES string of the molecule is c1ccc2c(c1)NC1(S2)C2CCCC1CNC2. The van der Waals surface area contributed by atoms with Crippen LogP contribution in [0.3, 0.4) is 0 Å². The van der Waals surface area contributed by atoms with Gasteiger partial charge < -0.3 is 10.6 Å². The first-order valence-corrected chi connectivity index (χ1v) is 7.47. The highest BCUT2D eigenvalue weighted by Crippen LogP contribution is 2.57. The van der Waals surface area contributed by atoms with E-state index >= 15 is 0 Å². The van der Waals surface area contributed by atoms with E-state index in [9.17, 15) is 0 Å². The topological polar surface area (TPSA) is 24.1 Å². The molecule has 3 aliphatic rings. The van der Waals surface area contributed by atoms with E-state index in [0.717, 1.165) is 11.8 Å². The molecule has 90 valence electrons. The Morgan fingerprint density at radius 3 is 2.65 bits per heavy atom. The number of benzene rings is 1. The molecule has 1 aromatic rings. The summed E-state index contributed by atoms with van der Waals surface area (Å²) in [4.78, 5) is 1.75. The number of anilines is 1. The molecule has 2 N–H and O–H groups in total. The van der Waals surface area contributed by atoms with Crippen LogP contribution >= 0.6 is 11.8 Å². The Hall–Kier alpha value is -0.670. The molecule has 0 amide bonds. The van der Waals surface area contributed by atoms with Crippen LogP contribution in [0.4, 0.5) is 5.69 Å². The van der Waals surface area contributed by atoms with Crippen molar-refractivity contribution in [3.05, 3.63) is 24.3 Å². The molecule has 2 aliphatic heterocycles. The molecule has 0 aromatic heterocycles. The van der Waals surface area contributed by atoms with E-state index in [1.165, 1.54) is 42.9 Å². The van der Waals surface area contributed by atoms with E-state index in [2.05, 4.69) is 46.7 Å². The van der Waals surface area contributed by atoms with Crippen LogP contribution < -0.4 is 10.6 Å². The second-order valence-electron chi connectivity index (χ2n) is 5.50. The third kappa shape index (κ3) is 1.39. The number of hydrogen-bond acceptors (Lipinski definition) is 3. The maximum Gasteiger partial charge on any atom is 0.0961 e. The Bertz CT molecular complexity index is 397. The van der Waals surface area contributed by atoms with Crippen LogP contribution in [0.5, 0.6) is 0 Å². The van der Waals surface area contributed by atoms with Crippen molar-refractivity contribution in [2.75, 3.05) is 18.4 Å². The van der Waals surface area contributed by atoms with Crippen LogP contribution in [-0.4, -0.2) is 18.0 Å². The van der Waals surface area contributed by atoms with Crippen molar-refractivity contribution in [1.29, 1.82) is 0 Å². The summed E-state index contributed by atoms with van der Waals surface area (Å²) < 4.78 is 0. The summed E-state index contributed by atoms with van der Waals surface area (Å²) >= 11 is 2.10. The molecule has 2 nitrogen and oxygen atoms in total. The molecule has 0 radical (unpaired) electrons. The molecule has 1 aromatic carbocycles. The molecule has 1 spiro atoms. The van der Waals surface area contributed by atoms with Gasteiger partial charge in [-0.3, -0.25) is 0 Å². The standard InChI is InChI=1S/C14H18N2S/c1-2-7-13-12(6-1)16-14(17-13)10-4-3-5-11(14)9-15-8-10/h1-2,6-7,10-11,15-16H,3-5,8-9H2. The fourth-order valence-corrected chi connectivity index (χ4v) is 5.40. The van der Waals surface area contributed by atoms with Crippen molar-refractivity contribution < 1.29 is 0 Å². The van der Waals surface area contributed by atoms with Crippen LogP contribution in [0.25, 0.3) is 0 Å². The van der Waals surface area contributed by atoms with Gasteiger partial charge >= 0.3 is 0 Å². The van der Waals surface area contributed by atoms with E-state index in [1.807, 2.05) is 0 Å². The smallest absolute Gasteiger partial charge is 0.0961 e. The number of fused-ring (bicyclic) bond motifs is 1. The van der Waals surface area contributed by atoms with Gasteiger partial charge in [-0.2, -0.15) is 0 Å². The maximum atomic E-state index is 3.87. The van der Waals surface area contributed by atoms with Gasteiger partial charge in [0.25, 0.3) is 0 Å². The number of nitrogens with one attached hydrogen (secondary N) is 2. The summed E-state index contributed by atoms with van der Waals surface area (Å²) in [6.07, 6.45) is 4.16. The minimum atomic E-state index is 0.299. The van der Waals surface area contributed by atoms with Crippen molar-refractivity contribution in [3.8, 4) is 0 Å². The summed E-state index contributed by atoms with van der Waals surface area (Å²) in [7, 11) is 0. The lowest BCUT2D eigenvalue weighted by Crippen LogP contribution is -2.59. The van der Waals surface area contributed by atoms with Gasteiger partial charge in [0.05, 0.1) is 4.87 Å². The van der Waals surface area contributed by atoms with Gasteiger partial charge in [-0.1, -0.05) is 30.3 Å². The Kier molecular flexibility index (Phi) is 2.21. The minimum Gasteiger partial charge on any atom is -0.369 e. The average Bonchev–Trinajstić information content (AvgIpc) is 2.67. The van der Waals surface area contributed by atoms with Crippen molar-refractivity contribution >= 4 is 17.4 Å². The fourth-order valence-electron chi connectivity index (χ4n) is 3.76. The van der Waals surface area contributed by atoms with Gasteiger partial charge in [0.2, 0.25) is 0 Å². The summed E-state index contributed by atoms with van der Waals surface area (Å²) in [5, 5.41) is 7.49. The van der Waals surface area contributed by atoms with Crippen LogP contribution in [0.15, 0.2) is 29.2 Å². The molecule has 3 heteroatoms. The van der Waals surface area contributed by atoms with Gasteiger partial charge in [0.1, 0.15) is 0 Å². The van der Waals surface area contributed by atoms with Crippen LogP contribution in [0.1, 0.15) is 19.3 Å². The molecule has 17 heavy (non-hydrogen) atoms. The zero-order valence-corrected chi connectivity index (χ0v) is 10.7. The van der Waals surface area contributed by atoms with Crippen molar-refractivity contribution in [1.82, 2.24) is 5.32 Å². The van der Waals surface area contributed by atoms with Crippen LogP contribution in [0, 0.1) is 11.8 Å². The first-order chi connectivity index (χ1) is 8.38. The second kappa shape index (κ2) is 3.66. The predicted octanol–water partition coefficient (Wildman–Crippen LogP) is 2.92. The largest absolute Gasteiger partial charge is 0.369 e. The van der Waals surface area contributed by atoms with Gasteiger partial charge in [0.15, 0.2) is 0 Å². The minimum absolute atomic E-state index is 0.299. The van der Waals surface area contributed by atoms with Crippen molar-refractivity contribution in [2.45, 2.75) is 29.0 Å². The highest BCUT2D eigenvalue weighted by atomic mass is 32.2. The van der Waals surface area contributed by atoms with Crippen LogP contribution in [0.2, 0.25) is 0 Å². The first-order valence-electron chi connectivity index (χ1n) is 6.65. The molecular weight excluding hydrogens is 228 g/mol. The highest BCUT2D eigenvalue weighted by molar-refractivity contribution is 8.01. The molecule has 2 unspecified atom stereocenters. The van der Waals surface area contributed by atoms with Gasteiger partial charge in [-0.15, -0.1) is 0 Å². The molecular formula is C14H18N2S. The lowest BCUT2D eigenvalue weighted by Gasteiger charge is -2.50. The molecule has 2 bridgehead atoms. The zero-order chi connectivity index (χ0) is 11.3. The van der Waals surface area contributed by atoms with Crippen molar-refractivity contribution in [3.63, 3.8) is 0 Å². The summed E-state index contributed by atoms with van der Waals surface area (Å²) in [6, 6.07) is 8.79. The van der Waals surface area contributed by atoms with E-state index < -0.39 is 0 Å². The molecule has 1 saturated carbocycles. The van der Waals surface area contributed by atoms with Crippen LogP contribution in [-0.2, 0) is 0 Å².